The van der Waals surface area contributed by atoms with E-state index in [0.717, 1.165) is 22.0 Å². The molecule has 25 heavy (non-hydrogen) atoms. The van der Waals surface area contributed by atoms with E-state index in [4.69, 9.17) is 4.42 Å². The number of hydrogen-bond acceptors (Lipinski definition) is 5. The zero-order valence-electron chi connectivity index (χ0n) is 13.7. The van der Waals surface area contributed by atoms with Gasteiger partial charge in [-0.25, -0.2) is 15.0 Å². The van der Waals surface area contributed by atoms with E-state index in [9.17, 15) is 4.79 Å². The maximum absolute atomic E-state index is 12.2. The summed E-state index contributed by atoms with van der Waals surface area (Å²) in [5.74, 6) is 0.546. The van der Waals surface area contributed by atoms with Crippen molar-refractivity contribution in [1.82, 2.24) is 19.5 Å². The third-order valence-corrected chi connectivity index (χ3v) is 3.93. The van der Waals surface area contributed by atoms with Gasteiger partial charge in [0.25, 0.3) is 5.91 Å². The van der Waals surface area contributed by atoms with Crippen molar-refractivity contribution < 1.29 is 9.21 Å². The van der Waals surface area contributed by atoms with Crippen LogP contribution in [0.4, 0.5) is 5.82 Å². The predicted molar refractivity (Wildman–Crippen MR) is 93.1 cm³/mol. The highest BCUT2D eigenvalue weighted by Crippen LogP contribution is 2.25. The molecule has 0 saturated heterocycles. The third-order valence-electron chi connectivity index (χ3n) is 3.93. The van der Waals surface area contributed by atoms with Crippen LogP contribution < -0.4 is 5.32 Å². The largest absolute Gasteiger partial charge is 0.448 e. The van der Waals surface area contributed by atoms with Crippen LogP contribution >= 0.6 is 0 Å². The number of oxazole rings is 1. The normalized spacial score (nSPS) is 11.0. The zero-order chi connectivity index (χ0) is 17.4. The molecule has 3 heterocycles. The van der Waals surface area contributed by atoms with Crippen molar-refractivity contribution in [3.8, 4) is 11.3 Å². The molecule has 0 spiro atoms. The topological polar surface area (TPSA) is 85.8 Å². The summed E-state index contributed by atoms with van der Waals surface area (Å²) in [6.45, 7) is 1.69. The van der Waals surface area contributed by atoms with Gasteiger partial charge in [0.05, 0.1) is 18.2 Å². The van der Waals surface area contributed by atoms with Crippen molar-refractivity contribution in [3.63, 3.8) is 0 Å². The van der Waals surface area contributed by atoms with Crippen LogP contribution in [-0.4, -0.2) is 25.4 Å². The number of aryl methyl sites for hydroxylation is 2. The van der Waals surface area contributed by atoms with E-state index in [1.807, 2.05) is 42.1 Å². The molecule has 0 radical (unpaired) electrons. The second-order valence-corrected chi connectivity index (χ2v) is 5.73. The minimum atomic E-state index is -0.355. The van der Waals surface area contributed by atoms with Crippen molar-refractivity contribution >= 4 is 22.5 Å². The van der Waals surface area contributed by atoms with E-state index >= 15 is 0 Å². The maximum atomic E-state index is 12.2. The first-order valence-electron chi connectivity index (χ1n) is 7.70. The molecule has 4 rings (SSSR count). The van der Waals surface area contributed by atoms with E-state index in [0.29, 0.717) is 11.7 Å². The van der Waals surface area contributed by atoms with Gasteiger partial charge in [-0.3, -0.25) is 4.79 Å². The number of aromatic nitrogens is 4. The predicted octanol–water partition coefficient (Wildman–Crippen LogP) is 3.18. The molecule has 0 atom stereocenters. The lowest BCUT2D eigenvalue weighted by Gasteiger charge is -2.07. The molecule has 1 amide bonds. The molecule has 0 aliphatic carbocycles. The summed E-state index contributed by atoms with van der Waals surface area (Å²) >= 11 is 0. The molecule has 1 N–H and O–H groups in total. The molecule has 0 unspecified atom stereocenters. The lowest BCUT2D eigenvalue weighted by atomic mass is 10.1. The number of pyridine rings is 1. The third kappa shape index (κ3) is 2.87. The number of hydrogen-bond donors (Lipinski definition) is 1. The number of carbonyl (C=O) groups is 1. The first-order chi connectivity index (χ1) is 12.1. The number of carbonyl (C=O) groups excluding carboxylic acids is 1. The number of nitrogens with zero attached hydrogens (tertiary/aromatic N) is 4. The number of nitrogens with one attached hydrogen (secondary N) is 1. The zero-order valence-corrected chi connectivity index (χ0v) is 13.7. The number of benzene rings is 1. The SMILES string of the molecule is Cc1nc(C(=O)Nc2cc3cc(-c4cncn4C)ccc3cn2)co1. The van der Waals surface area contributed by atoms with Gasteiger partial charge in [-0.05, 0) is 17.5 Å². The Bertz CT molecular complexity index is 1080. The Labute approximate surface area is 143 Å². The average molecular weight is 333 g/mol. The number of rotatable bonds is 3. The Morgan fingerprint density at radius 3 is 2.80 bits per heavy atom. The van der Waals surface area contributed by atoms with Gasteiger partial charge < -0.3 is 14.3 Å². The van der Waals surface area contributed by atoms with Crippen molar-refractivity contribution in [2.24, 2.45) is 7.05 Å². The van der Waals surface area contributed by atoms with Crippen molar-refractivity contribution in [3.05, 3.63) is 60.8 Å². The van der Waals surface area contributed by atoms with Crippen LogP contribution in [-0.2, 0) is 7.05 Å². The van der Waals surface area contributed by atoms with Gasteiger partial charge >= 0.3 is 0 Å². The Kier molecular flexibility index (Phi) is 3.53. The highest BCUT2D eigenvalue weighted by molar-refractivity contribution is 6.03. The van der Waals surface area contributed by atoms with Crippen LogP contribution in [0.5, 0.6) is 0 Å². The van der Waals surface area contributed by atoms with Crippen LogP contribution in [0.2, 0.25) is 0 Å². The van der Waals surface area contributed by atoms with Crippen LogP contribution in [0.15, 0.2) is 53.7 Å². The summed E-state index contributed by atoms with van der Waals surface area (Å²) in [7, 11) is 1.95. The highest BCUT2D eigenvalue weighted by Gasteiger charge is 2.12. The molecule has 0 bridgehead atoms. The minimum Gasteiger partial charge on any atom is -0.448 e. The van der Waals surface area contributed by atoms with Crippen LogP contribution in [0.1, 0.15) is 16.4 Å². The molecular formula is C18H15N5O2. The molecule has 7 nitrogen and oxygen atoms in total. The van der Waals surface area contributed by atoms with E-state index in [-0.39, 0.29) is 11.6 Å². The summed E-state index contributed by atoms with van der Waals surface area (Å²) in [5.41, 5.74) is 2.29. The fourth-order valence-electron chi connectivity index (χ4n) is 2.65. The second-order valence-electron chi connectivity index (χ2n) is 5.73. The average Bonchev–Trinajstić information content (AvgIpc) is 3.22. The fourth-order valence-corrected chi connectivity index (χ4v) is 2.65. The number of amides is 1. The Morgan fingerprint density at radius 2 is 2.08 bits per heavy atom. The van der Waals surface area contributed by atoms with Crippen molar-refractivity contribution in [2.75, 3.05) is 5.32 Å². The molecule has 0 aliphatic heterocycles. The number of fused-ring (bicyclic) bond motifs is 1. The standard InChI is InChI=1S/C18H15N5O2/c1-11-21-15(9-25-11)18(24)22-17-6-14-5-12(3-4-13(14)7-20-17)16-8-19-10-23(16)2/h3-10H,1-2H3,(H,20,22,24). The summed E-state index contributed by atoms with van der Waals surface area (Å²) < 4.78 is 7.02. The second kappa shape index (κ2) is 5.86. The summed E-state index contributed by atoms with van der Waals surface area (Å²) in [5, 5.41) is 4.70. The van der Waals surface area contributed by atoms with Gasteiger partial charge in [0, 0.05) is 31.1 Å². The first kappa shape index (κ1) is 15.1. The lowest BCUT2D eigenvalue weighted by molar-refractivity contribution is 0.102. The molecule has 124 valence electrons. The van der Waals surface area contributed by atoms with E-state index < -0.39 is 0 Å². The monoisotopic (exact) mass is 333 g/mol. The minimum absolute atomic E-state index is 0.225. The van der Waals surface area contributed by atoms with Gasteiger partial charge in [-0.15, -0.1) is 0 Å². The van der Waals surface area contributed by atoms with E-state index in [1.165, 1.54) is 6.26 Å². The molecule has 3 aromatic heterocycles. The molecule has 7 heteroatoms. The number of anilines is 1. The molecule has 1 aromatic carbocycles. The smallest absolute Gasteiger partial charge is 0.278 e. The van der Waals surface area contributed by atoms with Gasteiger partial charge in [0.15, 0.2) is 11.6 Å². The number of imidazole rings is 1. The Balaban J connectivity index is 1.67. The van der Waals surface area contributed by atoms with Gasteiger partial charge in [0.1, 0.15) is 12.1 Å². The van der Waals surface area contributed by atoms with E-state index in [2.05, 4.69) is 20.3 Å². The van der Waals surface area contributed by atoms with Gasteiger partial charge in [0.2, 0.25) is 0 Å². The van der Waals surface area contributed by atoms with E-state index in [1.54, 1.807) is 19.4 Å². The highest BCUT2D eigenvalue weighted by atomic mass is 16.3. The van der Waals surface area contributed by atoms with Crippen molar-refractivity contribution in [2.45, 2.75) is 6.92 Å². The molecule has 0 aliphatic rings. The van der Waals surface area contributed by atoms with Crippen molar-refractivity contribution in [1.29, 1.82) is 0 Å². The van der Waals surface area contributed by atoms with Gasteiger partial charge in [-0.2, -0.15) is 0 Å². The van der Waals surface area contributed by atoms with Crippen LogP contribution in [0.25, 0.3) is 22.0 Å². The summed E-state index contributed by atoms with van der Waals surface area (Å²) in [6.07, 6.45) is 6.63. The maximum Gasteiger partial charge on any atom is 0.278 e. The molecule has 0 saturated carbocycles. The molecule has 0 fully saturated rings. The fraction of sp³-hybridized carbons (Fsp3) is 0.111. The quantitative estimate of drug-likeness (QED) is 0.622. The molecule has 4 aromatic rings. The Morgan fingerprint density at radius 1 is 1.20 bits per heavy atom. The Hall–Kier alpha value is -3.48. The van der Waals surface area contributed by atoms with Crippen LogP contribution in [0, 0.1) is 6.92 Å². The molecular weight excluding hydrogens is 318 g/mol. The van der Waals surface area contributed by atoms with Gasteiger partial charge in [-0.1, -0.05) is 12.1 Å². The summed E-state index contributed by atoms with van der Waals surface area (Å²) in [6, 6.07) is 7.90. The summed E-state index contributed by atoms with van der Waals surface area (Å²) in [4.78, 5) is 24.6. The first-order valence-corrected chi connectivity index (χ1v) is 7.70. The lowest BCUT2D eigenvalue weighted by Crippen LogP contribution is -2.13. The van der Waals surface area contributed by atoms with Crippen LogP contribution in [0.3, 0.4) is 0 Å².